The third kappa shape index (κ3) is 4.36. The number of amides is 4. The predicted octanol–water partition coefficient (Wildman–Crippen LogP) is 0.708. The van der Waals surface area contributed by atoms with Gasteiger partial charge in [0, 0.05) is 32.2 Å². The Balaban J connectivity index is 1.57. The number of urea groups is 1. The van der Waals surface area contributed by atoms with Gasteiger partial charge in [0.1, 0.15) is 6.04 Å². The Kier molecular flexibility index (Phi) is 5.33. The first-order valence-electron chi connectivity index (χ1n) is 8.70. The average Bonchev–Trinajstić information content (AvgIpc) is 2.77. The van der Waals surface area contributed by atoms with Gasteiger partial charge >= 0.3 is 6.03 Å². The minimum Gasteiger partial charge on any atom is -0.339 e. The summed E-state index contributed by atoms with van der Waals surface area (Å²) in [6, 6.07) is 9.09. The second-order valence-electron chi connectivity index (χ2n) is 6.73. The number of hydrogen-bond donors (Lipinski definition) is 2. The monoisotopic (exact) mass is 344 g/mol. The van der Waals surface area contributed by atoms with Crippen LogP contribution in [0.25, 0.3) is 0 Å². The van der Waals surface area contributed by atoms with Gasteiger partial charge in [0.25, 0.3) is 5.91 Å². The molecular weight excluding hydrogens is 320 g/mol. The van der Waals surface area contributed by atoms with Crippen molar-refractivity contribution in [1.82, 2.24) is 20.4 Å². The first-order valence-corrected chi connectivity index (χ1v) is 8.70. The number of nitrogens with one attached hydrogen (secondary N) is 2. The first kappa shape index (κ1) is 17.4. The predicted molar refractivity (Wildman–Crippen MR) is 92.6 cm³/mol. The van der Waals surface area contributed by atoms with Crippen LogP contribution < -0.4 is 10.6 Å². The summed E-state index contributed by atoms with van der Waals surface area (Å²) >= 11 is 0. The van der Waals surface area contributed by atoms with Crippen molar-refractivity contribution in [1.29, 1.82) is 0 Å². The van der Waals surface area contributed by atoms with Crippen LogP contribution in [-0.2, 0) is 16.1 Å². The molecule has 1 unspecified atom stereocenters. The highest BCUT2D eigenvalue weighted by molar-refractivity contribution is 6.05. The van der Waals surface area contributed by atoms with Crippen LogP contribution >= 0.6 is 0 Å². The van der Waals surface area contributed by atoms with Gasteiger partial charge in [-0.3, -0.25) is 19.8 Å². The van der Waals surface area contributed by atoms with E-state index in [0.717, 1.165) is 26.1 Å². The van der Waals surface area contributed by atoms with E-state index in [4.69, 9.17) is 0 Å². The molecule has 2 saturated heterocycles. The number of benzene rings is 1. The third-order valence-corrected chi connectivity index (χ3v) is 4.73. The maximum absolute atomic E-state index is 12.6. The van der Waals surface area contributed by atoms with Crippen LogP contribution in [0.4, 0.5) is 4.79 Å². The van der Waals surface area contributed by atoms with Gasteiger partial charge in [-0.25, -0.2) is 4.79 Å². The smallest absolute Gasteiger partial charge is 0.322 e. The number of rotatable bonds is 4. The molecule has 0 radical (unpaired) electrons. The first-order chi connectivity index (χ1) is 12.0. The number of carbonyl (C=O) groups is 3. The fourth-order valence-corrected chi connectivity index (χ4v) is 3.50. The fourth-order valence-electron chi connectivity index (χ4n) is 3.50. The highest BCUT2D eigenvalue weighted by Gasteiger charge is 2.34. The molecule has 7 nitrogen and oxygen atoms in total. The van der Waals surface area contributed by atoms with Crippen LogP contribution in [0.1, 0.15) is 25.3 Å². The van der Waals surface area contributed by atoms with Crippen LogP contribution in [0.5, 0.6) is 0 Å². The number of nitrogens with zero attached hydrogens (tertiary/aromatic N) is 2. The van der Waals surface area contributed by atoms with Gasteiger partial charge in [-0.15, -0.1) is 0 Å². The number of carbonyl (C=O) groups excluding carboxylic acids is 3. The Morgan fingerprint density at radius 1 is 1.20 bits per heavy atom. The normalized spacial score (nSPS) is 24.6. The molecule has 3 rings (SSSR count). The molecule has 2 atom stereocenters. The van der Waals surface area contributed by atoms with E-state index in [9.17, 15) is 14.4 Å². The van der Waals surface area contributed by atoms with E-state index in [2.05, 4.69) is 27.7 Å². The summed E-state index contributed by atoms with van der Waals surface area (Å²) in [4.78, 5) is 39.6. The van der Waals surface area contributed by atoms with Gasteiger partial charge < -0.3 is 10.2 Å². The molecule has 0 aliphatic carbocycles. The van der Waals surface area contributed by atoms with Gasteiger partial charge in [-0.1, -0.05) is 30.3 Å². The molecule has 7 heteroatoms. The van der Waals surface area contributed by atoms with E-state index in [1.54, 1.807) is 0 Å². The van der Waals surface area contributed by atoms with Gasteiger partial charge in [0.05, 0.1) is 6.42 Å². The Morgan fingerprint density at radius 2 is 1.96 bits per heavy atom. The molecule has 2 heterocycles. The van der Waals surface area contributed by atoms with Crippen LogP contribution in [0.15, 0.2) is 30.3 Å². The van der Waals surface area contributed by atoms with E-state index < -0.39 is 18.0 Å². The van der Waals surface area contributed by atoms with Crippen LogP contribution in [0, 0.1) is 0 Å². The lowest BCUT2D eigenvalue weighted by Crippen LogP contribution is -2.45. The van der Waals surface area contributed by atoms with E-state index in [1.165, 1.54) is 5.56 Å². The molecule has 2 N–H and O–H groups in total. The zero-order chi connectivity index (χ0) is 17.8. The van der Waals surface area contributed by atoms with Crippen molar-refractivity contribution < 1.29 is 14.4 Å². The van der Waals surface area contributed by atoms with Gasteiger partial charge in [-0.05, 0) is 18.9 Å². The topological polar surface area (TPSA) is 81.8 Å². The summed E-state index contributed by atoms with van der Waals surface area (Å²) in [6.45, 7) is 5.31. The Labute approximate surface area is 147 Å². The van der Waals surface area contributed by atoms with Crippen molar-refractivity contribution in [3.63, 3.8) is 0 Å². The van der Waals surface area contributed by atoms with Crippen molar-refractivity contribution >= 4 is 17.8 Å². The number of imide groups is 1. The minimum atomic E-state index is -0.754. The quantitative estimate of drug-likeness (QED) is 0.788. The highest BCUT2D eigenvalue weighted by Crippen LogP contribution is 2.15. The molecule has 2 aliphatic rings. The van der Waals surface area contributed by atoms with Crippen molar-refractivity contribution in [2.45, 2.75) is 38.4 Å². The maximum atomic E-state index is 12.6. The lowest BCUT2D eigenvalue weighted by molar-refractivity contribution is -0.135. The summed E-state index contributed by atoms with van der Waals surface area (Å²) in [5, 5.41) is 4.65. The average molecular weight is 344 g/mol. The molecular formula is C18H24N4O3. The molecule has 1 aromatic rings. The highest BCUT2D eigenvalue weighted by atomic mass is 16.2. The summed E-state index contributed by atoms with van der Waals surface area (Å²) < 4.78 is 0. The summed E-state index contributed by atoms with van der Waals surface area (Å²) in [5.41, 5.74) is 1.26. The second-order valence-corrected chi connectivity index (χ2v) is 6.73. The third-order valence-electron chi connectivity index (χ3n) is 4.73. The van der Waals surface area contributed by atoms with E-state index >= 15 is 0 Å². The van der Waals surface area contributed by atoms with Crippen molar-refractivity contribution in [3.05, 3.63) is 35.9 Å². The van der Waals surface area contributed by atoms with Crippen molar-refractivity contribution in [2.75, 3.05) is 19.6 Å². The minimum absolute atomic E-state index is 0.0145. The largest absolute Gasteiger partial charge is 0.339 e. The van der Waals surface area contributed by atoms with Crippen molar-refractivity contribution in [3.8, 4) is 0 Å². The second kappa shape index (κ2) is 7.65. The fraction of sp³-hybridized carbons (Fsp3) is 0.500. The molecule has 0 spiro atoms. The molecule has 2 fully saturated rings. The van der Waals surface area contributed by atoms with Crippen molar-refractivity contribution in [2.24, 2.45) is 0 Å². The Hall–Kier alpha value is -2.41. The van der Waals surface area contributed by atoms with Gasteiger partial charge in [0.15, 0.2) is 0 Å². The van der Waals surface area contributed by atoms with Gasteiger partial charge in [0.2, 0.25) is 5.91 Å². The van der Waals surface area contributed by atoms with E-state index in [1.807, 2.05) is 30.0 Å². The molecule has 0 saturated carbocycles. The van der Waals surface area contributed by atoms with Crippen LogP contribution in [0.2, 0.25) is 0 Å². The van der Waals surface area contributed by atoms with Gasteiger partial charge in [-0.2, -0.15) is 0 Å². The zero-order valence-corrected chi connectivity index (χ0v) is 14.4. The van der Waals surface area contributed by atoms with E-state index in [0.29, 0.717) is 6.54 Å². The molecule has 0 aromatic heterocycles. The number of hydrogen-bond acceptors (Lipinski definition) is 4. The van der Waals surface area contributed by atoms with Crippen LogP contribution in [0.3, 0.4) is 0 Å². The molecule has 4 amide bonds. The van der Waals surface area contributed by atoms with E-state index in [-0.39, 0.29) is 18.4 Å². The molecule has 1 aromatic carbocycles. The molecule has 2 aliphatic heterocycles. The molecule has 0 bridgehead atoms. The zero-order valence-electron chi connectivity index (χ0n) is 14.4. The Bertz CT molecular complexity index is 649. The standard InChI is InChI=1S/C18H24N4O3/c1-13-11-21(12-14-6-3-2-4-7-14)8-5-9-22(13)16(23)10-15-17(24)20-18(25)19-15/h2-4,6-7,13,15H,5,8-12H2,1H3,(H2,19,20,24,25)/t13?,15-/m0/s1. The molecule has 134 valence electrons. The lowest BCUT2D eigenvalue weighted by Gasteiger charge is -2.29. The van der Waals surface area contributed by atoms with Crippen LogP contribution in [-0.4, -0.2) is 59.4 Å². The molecule has 25 heavy (non-hydrogen) atoms. The lowest BCUT2D eigenvalue weighted by atomic mass is 10.1. The summed E-state index contributed by atoms with van der Waals surface area (Å²) in [7, 11) is 0. The summed E-state index contributed by atoms with van der Waals surface area (Å²) in [5.74, 6) is -0.511. The Morgan fingerprint density at radius 3 is 2.64 bits per heavy atom. The summed E-state index contributed by atoms with van der Waals surface area (Å²) in [6.07, 6.45) is 0.909. The maximum Gasteiger partial charge on any atom is 0.322 e. The SMILES string of the molecule is CC1CN(Cc2ccccc2)CCCN1C(=O)C[C@@H]1NC(=O)NC1=O.